The van der Waals surface area contributed by atoms with E-state index in [0.717, 1.165) is 22.6 Å². The van der Waals surface area contributed by atoms with E-state index in [9.17, 15) is 4.79 Å². The number of ether oxygens (including phenoxy) is 3. The molecule has 8 heteroatoms. The predicted molar refractivity (Wildman–Crippen MR) is 113 cm³/mol. The number of aryl methyl sites for hydroxylation is 2. The average Bonchev–Trinajstić information content (AvgIpc) is 3.32. The Hall–Kier alpha value is -2.97. The Kier molecular flexibility index (Phi) is 5.33. The van der Waals surface area contributed by atoms with Crippen molar-refractivity contribution in [2.45, 2.75) is 38.6 Å². The number of pyridine rings is 2. The summed E-state index contributed by atoms with van der Waals surface area (Å²) >= 11 is 0. The van der Waals surface area contributed by atoms with Gasteiger partial charge in [-0.15, -0.1) is 0 Å². The van der Waals surface area contributed by atoms with Crippen LogP contribution in [-0.4, -0.2) is 69.8 Å². The number of hydrogen-bond donors (Lipinski definition) is 0. The van der Waals surface area contributed by atoms with Crippen molar-refractivity contribution in [3.05, 3.63) is 59.8 Å². The molecule has 0 unspecified atom stereocenters. The van der Waals surface area contributed by atoms with Gasteiger partial charge in [-0.1, -0.05) is 6.07 Å². The molecule has 8 nitrogen and oxygen atoms in total. The lowest BCUT2D eigenvalue weighted by atomic mass is 10.2. The van der Waals surface area contributed by atoms with Gasteiger partial charge >= 0.3 is 0 Å². The topological polar surface area (TPSA) is 78.2 Å². The Morgan fingerprint density at radius 2 is 1.87 bits per heavy atom. The van der Waals surface area contributed by atoms with Crippen LogP contribution in [0.15, 0.2) is 42.9 Å². The van der Waals surface area contributed by atoms with Crippen LogP contribution in [0.3, 0.4) is 0 Å². The van der Waals surface area contributed by atoms with Crippen molar-refractivity contribution < 1.29 is 19.0 Å². The fourth-order valence-corrected chi connectivity index (χ4v) is 4.16. The standard InChI is InChI=1S/C23H26N4O4/c1-15-4-3-7-27-17(9-25-23(15)27)8-22(28)26-11-20-21(12-26)30-14-19(13-29-20)31-18-6-5-16(2)24-10-18/h3-7,9-10,19-21H,8,11-14H2,1-2H3/t20-,21-/m0/s1. The molecule has 1 amide bonds. The molecule has 5 rings (SSSR count). The van der Waals surface area contributed by atoms with Gasteiger partial charge in [-0.25, -0.2) is 4.98 Å². The van der Waals surface area contributed by atoms with Gasteiger partial charge in [-0.3, -0.25) is 9.78 Å². The van der Waals surface area contributed by atoms with Crippen LogP contribution in [0.1, 0.15) is 17.0 Å². The number of amides is 1. The first-order valence-corrected chi connectivity index (χ1v) is 10.6. The largest absolute Gasteiger partial charge is 0.484 e. The van der Waals surface area contributed by atoms with Crippen LogP contribution in [0, 0.1) is 13.8 Å². The maximum absolute atomic E-state index is 12.9. The number of fused-ring (bicyclic) bond motifs is 2. The van der Waals surface area contributed by atoms with E-state index >= 15 is 0 Å². The Bertz CT molecular complexity index is 1060. The first-order chi connectivity index (χ1) is 15.1. The summed E-state index contributed by atoms with van der Waals surface area (Å²) in [6, 6.07) is 7.80. The molecule has 2 atom stereocenters. The normalized spacial score (nSPS) is 21.8. The number of aromatic nitrogens is 3. The molecule has 3 aromatic rings. The van der Waals surface area contributed by atoms with Crippen molar-refractivity contribution in [3.8, 4) is 5.75 Å². The molecule has 5 heterocycles. The molecule has 0 aromatic carbocycles. The number of likely N-dealkylation sites (tertiary alicyclic amines) is 1. The van der Waals surface area contributed by atoms with Crippen molar-refractivity contribution in [2.75, 3.05) is 26.3 Å². The molecule has 0 saturated carbocycles. The third kappa shape index (κ3) is 4.13. The van der Waals surface area contributed by atoms with Crippen LogP contribution in [0.25, 0.3) is 5.65 Å². The molecule has 3 aromatic heterocycles. The summed E-state index contributed by atoms with van der Waals surface area (Å²) in [5, 5.41) is 0. The zero-order valence-electron chi connectivity index (χ0n) is 17.7. The van der Waals surface area contributed by atoms with E-state index in [2.05, 4.69) is 9.97 Å². The summed E-state index contributed by atoms with van der Waals surface area (Å²) in [6.07, 6.45) is 5.27. The highest BCUT2D eigenvalue weighted by Crippen LogP contribution is 2.23. The van der Waals surface area contributed by atoms with E-state index in [-0.39, 0.29) is 24.2 Å². The predicted octanol–water partition coefficient (Wildman–Crippen LogP) is 1.96. The molecular formula is C23H26N4O4. The van der Waals surface area contributed by atoms with Gasteiger partial charge in [-0.2, -0.15) is 0 Å². The van der Waals surface area contributed by atoms with E-state index in [0.29, 0.717) is 38.5 Å². The molecular weight excluding hydrogens is 396 g/mol. The van der Waals surface area contributed by atoms with Crippen LogP contribution in [0.2, 0.25) is 0 Å². The summed E-state index contributed by atoms with van der Waals surface area (Å²) in [5.41, 5.74) is 3.81. The number of rotatable bonds is 4. The number of carbonyl (C=O) groups excluding carboxylic acids is 1. The molecule has 0 spiro atoms. The number of carbonyl (C=O) groups is 1. The van der Waals surface area contributed by atoms with Gasteiger partial charge in [0.25, 0.3) is 0 Å². The van der Waals surface area contributed by atoms with Gasteiger partial charge in [-0.05, 0) is 37.6 Å². The van der Waals surface area contributed by atoms with E-state index < -0.39 is 0 Å². The van der Waals surface area contributed by atoms with Gasteiger partial charge in [0.1, 0.15) is 29.7 Å². The fraction of sp³-hybridized carbons (Fsp3) is 0.435. The second-order valence-electron chi connectivity index (χ2n) is 8.23. The minimum Gasteiger partial charge on any atom is -0.484 e. The molecule has 31 heavy (non-hydrogen) atoms. The van der Waals surface area contributed by atoms with Gasteiger partial charge in [0, 0.05) is 31.2 Å². The molecule has 0 N–H and O–H groups in total. The van der Waals surface area contributed by atoms with Crippen molar-refractivity contribution >= 4 is 11.6 Å². The lowest BCUT2D eigenvalue weighted by molar-refractivity contribution is -0.130. The van der Waals surface area contributed by atoms with Crippen LogP contribution in [-0.2, 0) is 20.7 Å². The Balaban J connectivity index is 1.18. The molecule has 0 radical (unpaired) electrons. The number of imidazole rings is 1. The zero-order chi connectivity index (χ0) is 21.4. The Morgan fingerprint density at radius 1 is 1.10 bits per heavy atom. The smallest absolute Gasteiger partial charge is 0.228 e. The van der Waals surface area contributed by atoms with Gasteiger partial charge < -0.3 is 23.5 Å². The monoisotopic (exact) mass is 422 g/mol. The van der Waals surface area contributed by atoms with Crippen molar-refractivity contribution in [3.63, 3.8) is 0 Å². The molecule has 162 valence electrons. The summed E-state index contributed by atoms with van der Waals surface area (Å²) in [7, 11) is 0. The molecule has 0 aliphatic carbocycles. The highest BCUT2D eigenvalue weighted by atomic mass is 16.6. The van der Waals surface area contributed by atoms with Crippen LogP contribution in [0.4, 0.5) is 0 Å². The van der Waals surface area contributed by atoms with Gasteiger partial charge in [0.05, 0.1) is 31.5 Å². The number of nitrogens with zero attached hydrogens (tertiary/aromatic N) is 4. The van der Waals surface area contributed by atoms with E-state index in [4.69, 9.17) is 14.2 Å². The minimum absolute atomic E-state index is 0.0575. The van der Waals surface area contributed by atoms with Gasteiger partial charge in [0.15, 0.2) is 0 Å². The molecule has 2 saturated heterocycles. The van der Waals surface area contributed by atoms with Crippen LogP contribution < -0.4 is 4.74 Å². The molecule has 0 bridgehead atoms. The maximum Gasteiger partial charge on any atom is 0.228 e. The SMILES string of the molecule is Cc1ccc(OC2CO[C@H]3CN(C(=O)Cc4cnc5c(C)cccn45)C[C@@H]3OC2)cn1. The van der Waals surface area contributed by atoms with Crippen LogP contribution in [0.5, 0.6) is 5.75 Å². The minimum atomic E-state index is -0.194. The highest BCUT2D eigenvalue weighted by Gasteiger charge is 2.39. The maximum atomic E-state index is 12.9. The third-order valence-electron chi connectivity index (χ3n) is 5.89. The van der Waals surface area contributed by atoms with E-state index in [1.165, 1.54) is 0 Å². The average molecular weight is 422 g/mol. The lowest BCUT2D eigenvalue weighted by Gasteiger charge is -2.19. The van der Waals surface area contributed by atoms with Crippen molar-refractivity contribution in [2.24, 2.45) is 0 Å². The van der Waals surface area contributed by atoms with Crippen molar-refractivity contribution in [1.29, 1.82) is 0 Å². The lowest BCUT2D eigenvalue weighted by Crippen LogP contribution is -2.34. The first kappa shape index (κ1) is 20.0. The van der Waals surface area contributed by atoms with Crippen LogP contribution >= 0.6 is 0 Å². The van der Waals surface area contributed by atoms with E-state index in [1.807, 2.05) is 53.6 Å². The summed E-state index contributed by atoms with van der Waals surface area (Å²) in [5.74, 6) is 0.761. The van der Waals surface area contributed by atoms with Gasteiger partial charge in [0.2, 0.25) is 5.91 Å². The number of hydrogen-bond acceptors (Lipinski definition) is 6. The Labute approximate surface area is 180 Å². The molecule has 2 aliphatic heterocycles. The second kappa shape index (κ2) is 8.28. The quantitative estimate of drug-likeness (QED) is 0.640. The first-order valence-electron chi connectivity index (χ1n) is 10.6. The molecule has 2 fully saturated rings. The Morgan fingerprint density at radius 3 is 2.58 bits per heavy atom. The summed E-state index contributed by atoms with van der Waals surface area (Å²) in [4.78, 5) is 23.5. The van der Waals surface area contributed by atoms with E-state index in [1.54, 1.807) is 12.4 Å². The second-order valence-corrected chi connectivity index (χ2v) is 8.23. The summed E-state index contributed by atoms with van der Waals surface area (Å²) < 4.78 is 20.0. The summed E-state index contributed by atoms with van der Waals surface area (Å²) in [6.45, 7) is 5.85. The zero-order valence-corrected chi connectivity index (χ0v) is 17.7. The third-order valence-corrected chi connectivity index (χ3v) is 5.89. The fourth-order valence-electron chi connectivity index (χ4n) is 4.16. The highest BCUT2D eigenvalue weighted by molar-refractivity contribution is 5.79. The van der Waals surface area contributed by atoms with Crippen molar-refractivity contribution in [1.82, 2.24) is 19.3 Å². The molecule has 2 aliphatic rings.